The van der Waals surface area contributed by atoms with Crippen LogP contribution < -0.4 is 11.5 Å². The van der Waals surface area contributed by atoms with E-state index < -0.39 is 0 Å². The Morgan fingerprint density at radius 3 is 1.86 bits per heavy atom. The number of rotatable bonds is 1. The second-order valence-electron chi connectivity index (χ2n) is 0.607. The first-order valence-electron chi connectivity index (χ1n) is 1.18. The van der Waals surface area contributed by atoms with Crippen LogP contribution in [0.15, 0.2) is 10.4 Å². The monoisotopic (exact) mass is 104 g/mol. The molecule has 0 fully saturated rings. The Bertz CT molecular complexity index is 73.8. The lowest BCUT2D eigenvalue weighted by Crippen LogP contribution is -2.21. The van der Waals surface area contributed by atoms with Crippen LogP contribution in [0.5, 0.6) is 0 Å². The Morgan fingerprint density at radius 1 is 1.43 bits per heavy atom. The van der Waals surface area contributed by atoms with Crippen molar-refractivity contribution >= 4 is 5.96 Å². The minimum Gasteiger partial charge on any atom is -0.368 e. The SMILES string of the molecule is C.NC(N)=NN=O. The highest BCUT2D eigenvalue weighted by Crippen LogP contribution is 1.58. The van der Waals surface area contributed by atoms with Crippen molar-refractivity contribution in [3.05, 3.63) is 4.91 Å². The average Bonchev–Trinajstić information content (AvgIpc) is 1.35. The van der Waals surface area contributed by atoms with Crippen molar-refractivity contribution in [3.63, 3.8) is 0 Å². The lowest BCUT2D eigenvalue weighted by Gasteiger charge is -1.74. The molecule has 4 N–H and O–H groups in total. The fourth-order valence-corrected chi connectivity index (χ4v) is 0.0471. The molecular formula is C2H8N4O. The summed E-state index contributed by atoms with van der Waals surface area (Å²) in [6, 6.07) is 0. The molecule has 0 amide bonds. The molecule has 0 heterocycles. The van der Waals surface area contributed by atoms with Gasteiger partial charge in [-0.05, 0) is 0 Å². The molecule has 0 aliphatic heterocycles. The van der Waals surface area contributed by atoms with Gasteiger partial charge in [-0.25, -0.2) is 0 Å². The molecule has 7 heavy (non-hydrogen) atoms. The van der Waals surface area contributed by atoms with E-state index in [1.54, 1.807) is 0 Å². The van der Waals surface area contributed by atoms with Crippen LogP contribution in [0, 0.1) is 4.91 Å². The molecule has 0 atom stereocenters. The van der Waals surface area contributed by atoms with E-state index in [1.165, 1.54) is 0 Å². The highest BCUT2D eigenvalue weighted by atomic mass is 16.3. The van der Waals surface area contributed by atoms with Gasteiger partial charge < -0.3 is 11.5 Å². The maximum atomic E-state index is 9.02. The van der Waals surface area contributed by atoms with Crippen LogP contribution in [0.4, 0.5) is 0 Å². The van der Waals surface area contributed by atoms with Crippen molar-refractivity contribution in [3.8, 4) is 0 Å². The molecule has 0 unspecified atom stereocenters. The molecule has 0 aromatic carbocycles. The molecular weight excluding hydrogens is 96.0 g/mol. The number of hydrogen-bond donors (Lipinski definition) is 2. The molecule has 0 spiro atoms. The van der Waals surface area contributed by atoms with Crippen LogP contribution in [0.25, 0.3) is 0 Å². The van der Waals surface area contributed by atoms with Crippen LogP contribution in [0.2, 0.25) is 0 Å². The fraction of sp³-hybridized carbons (Fsp3) is 0.500. The number of nitrogens with zero attached hydrogens (tertiary/aromatic N) is 2. The zero-order valence-electron chi connectivity index (χ0n) is 2.96. The van der Waals surface area contributed by atoms with Gasteiger partial charge in [-0.15, -0.1) is 4.91 Å². The third-order valence-electron chi connectivity index (χ3n) is 0.156. The average molecular weight is 104 g/mol. The number of guanidine groups is 1. The molecule has 42 valence electrons. The summed E-state index contributed by atoms with van der Waals surface area (Å²) in [7, 11) is 0. The van der Waals surface area contributed by atoms with Crippen molar-refractivity contribution in [2.45, 2.75) is 7.43 Å². The molecule has 0 saturated heterocycles. The van der Waals surface area contributed by atoms with Gasteiger partial charge in [0.05, 0.1) is 5.29 Å². The quantitative estimate of drug-likeness (QED) is 0.205. The predicted octanol–water partition coefficient (Wildman–Crippen LogP) is -0.423. The predicted molar refractivity (Wildman–Crippen MR) is 28.3 cm³/mol. The molecule has 0 radical (unpaired) electrons. The largest absolute Gasteiger partial charge is 0.368 e. The van der Waals surface area contributed by atoms with Gasteiger partial charge in [-0.2, -0.15) is 0 Å². The van der Waals surface area contributed by atoms with Gasteiger partial charge >= 0.3 is 0 Å². The number of hydrogen-bond acceptors (Lipinski definition) is 2. The summed E-state index contributed by atoms with van der Waals surface area (Å²) < 4.78 is 0. The minimum atomic E-state index is -0.315. The Kier molecular flexibility index (Phi) is 6.47. The number of nitroso groups, excluding NO2 is 1. The van der Waals surface area contributed by atoms with Gasteiger partial charge in [-0.1, -0.05) is 12.5 Å². The Morgan fingerprint density at radius 2 is 1.86 bits per heavy atom. The molecule has 0 aromatic heterocycles. The third-order valence-corrected chi connectivity index (χ3v) is 0.156. The Balaban J connectivity index is 0. The standard InChI is InChI=1S/CH4N4O.CH4/c2-1(3)4-5-6;/h(H4,2,3,4,6);1H4. The third kappa shape index (κ3) is 11.5. The van der Waals surface area contributed by atoms with E-state index in [9.17, 15) is 0 Å². The first-order chi connectivity index (χ1) is 2.77. The summed E-state index contributed by atoms with van der Waals surface area (Å²) in [6.07, 6.45) is 0. The van der Waals surface area contributed by atoms with E-state index in [0.717, 1.165) is 0 Å². The first-order valence-corrected chi connectivity index (χ1v) is 1.18. The lowest BCUT2D eigenvalue weighted by atomic mass is 11.1. The van der Waals surface area contributed by atoms with Gasteiger partial charge in [-0.3, -0.25) is 0 Å². The van der Waals surface area contributed by atoms with Crippen molar-refractivity contribution < 1.29 is 0 Å². The van der Waals surface area contributed by atoms with Gasteiger partial charge in [0, 0.05) is 0 Å². The Labute approximate surface area is 41.3 Å². The van der Waals surface area contributed by atoms with Crippen LogP contribution in [-0.4, -0.2) is 5.96 Å². The second kappa shape index (κ2) is 4.87. The van der Waals surface area contributed by atoms with Gasteiger partial charge in [0.1, 0.15) is 0 Å². The lowest BCUT2D eigenvalue weighted by molar-refractivity contribution is 1.19. The summed E-state index contributed by atoms with van der Waals surface area (Å²) in [6.45, 7) is 0. The zero-order valence-corrected chi connectivity index (χ0v) is 2.96. The summed E-state index contributed by atoms with van der Waals surface area (Å²) in [4.78, 5) is 9.02. The first kappa shape index (κ1) is 9.30. The van der Waals surface area contributed by atoms with E-state index in [-0.39, 0.29) is 13.4 Å². The maximum absolute atomic E-state index is 9.02. The van der Waals surface area contributed by atoms with E-state index in [2.05, 4.69) is 16.6 Å². The fourth-order valence-electron chi connectivity index (χ4n) is 0.0471. The van der Waals surface area contributed by atoms with Crippen molar-refractivity contribution in [1.29, 1.82) is 0 Å². The summed E-state index contributed by atoms with van der Waals surface area (Å²) in [5.74, 6) is -0.315. The Hall–Kier alpha value is -1.13. The van der Waals surface area contributed by atoms with E-state index in [4.69, 9.17) is 4.91 Å². The normalized spacial score (nSPS) is 5.71. The van der Waals surface area contributed by atoms with Crippen molar-refractivity contribution in [2.75, 3.05) is 0 Å². The van der Waals surface area contributed by atoms with Gasteiger partial charge in [0.25, 0.3) is 0 Å². The molecule has 0 bridgehead atoms. The van der Waals surface area contributed by atoms with Crippen molar-refractivity contribution in [2.24, 2.45) is 21.9 Å². The van der Waals surface area contributed by atoms with Crippen LogP contribution in [0.3, 0.4) is 0 Å². The molecule has 0 aliphatic carbocycles. The van der Waals surface area contributed by atoms with Crippen LogP contribution in [-0.2, 0) is 0 Å². The van der Waals surface area contributed by atoms with E-state index in [1.807, 2.05) is 5.29 Å². The smallest absolute Gasteiger partial charge is 0.214 e. The molecule has 5 nitrogen and oxygen atoms in total. The van der Waals surface area contributed by atoms with Gasteiger partial charge in [0.2, 0.25) is 5.96 Å². The van der Waals surface area contributed by atoms with E-state index in [0.29, 0.717) is 0 Å². The molecule has 5 heteroatoms. The summed E-state index contributed by atoms with van der Waals surface area (Å²) in [5, 5.41) is 4.69. The summed E-state index contributed by atoms with van der Waals surface area (Å²) in [5.41, 5.74) is 9.27. The molecule has 0 aromatic rings. The van der Waals surface area contributed by atoms with E-state index >= 15 is 0 Å². The van der Waals surface area contributed by atoms with Crippen LogP contribution >= 0.6 is 0 Å². The zero-order chi connectivity index (χ0) is 4.99. The maximum Gasteiger partial charge on any atom is 0.214 e. The minimum absolute atomic E-state index is 0. The topological polar surface area (TPSA) is 93.8 Å². The summed E-state index contributed by atoms with van der Waals surface area (Å²) >= 11 is 0. The number of nitrogens with two attached hydrogens (primary N) is 2. The molecule has 0 rings (SSSR count). The highest BCUT2D eigenvalue weighted by Gasteiger charge is 1.69. The van der Waals surface area contributed by atoms with Crippen molar-refractivity contribution in [1.82, 2.24) is 0 Å². The second-order valence-corrected chi connectivity index (χ2v) is 0.607. The van der Waals surface area contributed by atoms with Crippen LogP contribution in [0.1, 0.15) is 7.43 Å². The van der Waals surface area contributed by atoms with Gasteiger partial charge in [0.15, 0.2) is 0 Å². The highest BCUT2D eigenvalue weighted by molar-refractivity contribution is 5.75. The molecule has 0 saturated carbocycles. The molecule has 0 aliphatic rings.